The summed E-state index contributed by atoms with van der Waals surface area (Å²) in [6.45, 7) is -1.32. The molecule has 8 N–H and O–H groups in total. The van der Waals surface area contributed by atoms with Crippen molar-refractivity contribution in [3.63, 3.8) is 0 Å². The Hall–Kier alpha value is -2.87. The molecule has 224 valence electrons. The Bertz CT molecular complexity index is 1560. The van der Waals surface area contributed by atoms with Crippen LogP contribution in [0.1, 0.15) is 25.3 Å². The lowest BCUT2D eigenvalue weighted by Crippen LogP contribution is -2.30. The van der Waals surface area contributed by atoms with Gasteiger partial charge in [0.2, 0.25) is 0 Å². The van der Waals surface area contributed by atoms with Gasteiger partial charge >= 0.3 is 21.3 Å². The number of aliphatic hydroxyl groups is 1. The second-order valence-electron chi connectivity index (χ2n) is 9.12. The zero-order chi connectivity index (χ0) is 29.5. The predicted molar refractivity (Wildman–Crippen MR) is 134 cm³/mol. The molecule has 0 saturated carbocycles. The van der Waals surface area contributed by atoms with E-state index in [4.69, 9.17) is 39.8 Å². The van der Waals surface area contributed by atoms with Gasteiger partial charge < -0.3 is 40.7 Å². The number of fused-ring (bicyclic) bond motifs is 1. The van der Waals surface area contributed by atoms with E-state index < -0.39 is 71.4 Å². The van der Waals surface area contributed by atoms with Crippen molar-refractivity contribution in [3.8, 4) is 0 Å². The molecule has 20 nitrogen and oxygen atoms in total. The normalized spacial score (nSPS) is 28.3. The summed E-state index contributed by atoms with van der Waals surface area (Å²) in [6, 6.07) is 1.31. The third kappa shape index (κ3) is 6.79. The zero-order valence-electron chi connectivity index (χ0n) is 20.9. The number of hydrogen-bond donors (Lipinski definition) is 6. The van der Waals surface area contributed by atoms with Gasteiger partial charge in [0, 0.05) is 19.0 Å². The maximum Gasteiger partial charge on any atom is 0.472 e. The summed E-state index contributed by atoms with van der Waals surface area (Å²) in [7, 11) is -9.83. The molecule has 0 aromatic carbocycles. The average Bonchev–Trinajstić information content (AvgIpc) is 3.58. The van der Waals surface area contributed by atoms with Crippen LogP contribution < -0.4 is 17.2 Å². The predicted octanol–water partition coefficient (Wildman–Crippen LogP) is -1.21. The Kier molecular flexibility index (Phi) is 8.25. The van der Waals surface area contributed by atoms with Crippen LogP contribution in [-0.2, 0) is 32.2 Å². The van der Waals surface area contributed by atoms with Gasteiger partial charge in [-0.05, 0) is 6.07 Å². The second kappa shape index (κ2) is 11.4. The molecular formula is C19H26N8O12P2. The molecule has 41 heavy (non-hydrogen) atoms. The Labute approximate surface area is 229 Å². The highest BCUT2D eigenvalue weighted by molar-refractivity contribution is 7.47. The number of aromatic nitrogens is 6. The Morgan fingerprint density at radius 1 is 1.00 bits per heavy atom. The second-order valence-corrected chi connectivity index (χ2v) is 11.8. The van der Waals surface area contributed by atoms with Crippen LogP contribution in [0.3, 0.4) is 0 Å². The lowest BCUT2D eigenvalue weighted by Gasteiger charge is -2.22. The lowest BCUT2D eigenvalue weighted by atomic mass is 10.2. The molecule has 2 fully saturated rings. The van der Waals surface area contributed by atoms with Gasteiger partial charge in [-0.15, -0.1) is 0 Å². The number of nitrogens with zero attached hydrogens (tertiary/aromatic N) is 6. The van der Waals surface area contributed by atoms with Gasteiger partial charge in [-0.2, -0.15) is 4.98 Å². The smallest absolute Gasteiger partial charge is 0.390 e. The summed E-state index contributed by atoms with van der Waals surface area (Å²) in [5.74, 6) is 0.106. The molecule has 0 amide bonds. The van der Waals surface area contributed by atoms with Crippen molar-refractivity contribution in [3.05, 3.63) is 35.4 Å². The molecule has 0 aliphatic carbocycles. The van der Waals surface area contributed by atoms with Gasteiger partial charge in [-0.1, -0.05) is 0 Å². The number of anilines is 2. The summed E-state index contributed by atoms with van der Waals surface area (Å²) in [4.78, 5) is 56.5. The minimum absolute atomic E-state index is 0.0520. The van der Waals surface area contributed by atoms with Crippen molar-refractivity contribution in [2.75, 3.05) is 24.7 Å². The number of nitrogen functional groups attached to an aromatic ring is 2. The molecular weight excluding hydrogens is 594 g/mol. The molecule has 0 radical (unpaired) electrons. The van der Waals surface area contributed by atoms with Crippen LogP contribution in [0.15, 0.2) is 29.7 Å². The van der Waals surface area contributed by atoms with Crippen LogP contribution in [0.2, 0.25) is 0 Å². The number of hydrogen-bond acceptors (Lipinski definition) is 15. The number of phosphoric ester groups is 2. The van der Waals surface area contributed by atoms with Crippen LogP contribution in [0.5, 0.6) is 0 Å². The highest BCUT2D eigenvalue weighted by Gasteiger charge is 2.44. The van der Waals surface area contributed by atoms with Crippen LogP contribution in [-0.4, -0.2) is 86.5 Å². The first-order valence-corrected chi connectivity index (χ1v) is 14.9. The fraction of sp³-hybridized carbons (Fsp3) is 0.526. The van der Waals surface area contributed by atoms with E-state index in [0.717, 1.165) is 4.57 Å². The monoisotopic (exact) mass is 620 g/mol. The fourth-order valence-electron chi connectivity index (χ4n) is 4.43. The molecule has 7 atom stereocenters. The number of phosphoric acid groups is 2. The molecule has 22 heteroatoms. The first kappa shape index (κ1) is 29.6. The number of aliphatic hydroxyl groups excluding tert-OH is 1. The first-order valence-electron chi connectivity index (χ1n) is 11.9. The summed E-state index contributed by atoms with van der Waals surface area (Å²) < 4.78 is 52.8. The zero-order valence-corrected chi connectivity index (χ0v) is 22.7. The Balaban J connectivity index is 1.24. The molecule has 2 saturated heterocycles. The molecule has 2 aliphatic heterocycles. The van der Waals surface area contributed by atoms with Gasteiger partial charge in [-0.3, -0.25) is 22.7 Å². The van der Waals surface area contributed by atoms with Crippen molar-refractivity contribution >= 4 is 38.4 Å². The van der Waals surface area contributed by atoms with Crippen molar-refractivity contribution in [1.82, 2.24) is 29.1 Å². The van der Waals surface area contributed by atoms with E-state index in [0.29, 0.717) is 11.2 Å². The molecule has 7 unspecified atom stereocenters. The van der Waals surface area contributed by atoms with E-state index in [2.05, 4.69) is 24.5 Å². The summed E-state index contributed by atoms with van der Waals surface area (Å²) in [6.07, 6.45) is -2.86. The molecule has 5 rings (SSSR count). The third-order valence-corrected chi connectivity index (χ3v) is 7.82. The highest BCUT2D eigenvalue weighted by atomic mass is 31.2. The topological polar surface area (TPSA) is 292 Å². The Morgan fingerprint density at radius 2 is 1.71 bits per heavy atom. The van der Waals surface area contributed by atoms with Gasteiger partial charge in [-0.25, -0.2) is 28.9 Å². The van der Waals surface area contributed by atoms with E-state index in [9.17, 15) is 23.9 Å². The lowest BCUT2D eigenvalue weighted by molar-refractivity contribution is -0.0558. The SMILES string of the molecule is Nc1ccn(C2CC(OP(=O)(O)OCC3OC(n4cnc5c(N)ncnc54)CC3O)C(COP(=O)(O)O)O2)c(=O)n1. The van der Waals surface area contributed by atoms with Gasteiger partial charge in [0.05, 0.1) is 25.6 Å². The van der Waals surface area contributed by atoms with Crippen LogP contribution in [0, 0.1) is 0 Å². The third-order valence-electron chi connectivity index (χ3n) is 6.32. The van der Waals surface area contributed by atoms with Crippen molar-refractivity contribution in [1.29, 1.82) is 0 Å². The molecule has 5 heterocycles. The molecule has 3 aromatic rings. The number of ether oxygens (including phenoxy) is 2. The summed E-state index contributed by atoms with van der Waals surface area (Å²) >= 11 is 0. The summed E-state index contributed by atoms with van der Waals surface area (Å²) in [5, 5.41) is 10.5. The quantitative estimate of drug-likeness (QED) is 0.145. The molecule has 0 spiro atoms. The number of rotatable bonds is 10. The maximum absolute atomic E-state index is 12.8. The number of nitrogens with two attached hydrogens (primary N) is 2. The standard InChI is InChI=1S/C19H26N8O12P2/c20-13-1-2-26(19(29)25-13)15-4-10(12(38-15)6-35-40(30,31)32)39-41(33,34)36-5-11-9(28)3-14(37-11)27-8-24-16-17(21)22-7-23-18(16)27/h1-2,7-12,14-15,28H,3-6H2,(H,33,34)(H2,20,25,29)(H2,21,22,23)(H2,30,31,32). The minimum Gasteiger partial charge on any atom is -0.390 e. The van der Waals surface area contributed by atoms with E-state index in [1.165, 1.54) is 29.5 Å². The van der Waals surface area contributed by atoms with E-state index in [1.807, 2.05) is 0 Å². The van der Waals surface area contributed by atoms with Crippen molar-refractivity contribution in [2.45, 2.75) is 49.7 Å². The van der Waals surface area contributed by atoms with E-state index in [-0.39, 0.29) is 24.5 Å². The van der Waals surface area contributed by atoms with Gasteiger partial charge in [0.25, 0.3) is 0 Å². The number of imidazole rings is 1. The van der Waals surface area contributed by atoms with Crippen molar-refractivity contribution < 1.29 is 52.0 Å². The van der Waals surface area contributed by atoms with E-state index >= 15 is 0 Å². The van der Waals surface area contributed by atoms with Gasteiger partial charge in [0.1, 0.15) is 48.4 Å². The van der Waals surface area contributed by atoms with Gasteiger partial charge in [0.15, 0.2) is 11.5 Å². The summed E-state index contributed by atoms with van der Waals surface area (Å²) in [5.41, 5.74) is 11.2. The van der Waals surface area contributed by atoms with Crippen LogP contribution in [0.25, 0.3) is 11.2 Å². The van der Waals surface area contributed by atoms with E-state index in [1.54, 1.807) is 0 Å². The molecule has 2 aliphatic rings. The minimum atomic E-state index is -4.94. The average molecular weight is 620 g/mol. The van der Waals surface area contributed by atoms with Crippen molar-refractivity contribution in [2.24, 2.45) is 0 Å². The largest absolute Gasteiger partial charge is 0.472 e. The highest BCUT2D eigenvalue weighted by Crippen LogP contribution is 2.49. The van der Waals surface area contributed by atoms with Crippen LogP contribution in [0.4, 0.5) is 11.6 Å². The Morgan fingerprint density at radius 3 is 2.44 bits per heavy atom. The fourth-order valence-corrected chi connectivity index (χ4v) is 5.73. The molecule has 3 aromatic heterocycles. The maximum atomic E-state index is 12.8. The van der Waals surface area contributed by atoms with Crippen LogP contribution >= 0.6 is 15.6 Å². The first-order chi connectivity index (χ1) is 19.3. The molecule has 0 bridgehead atoms.